The summed E-state index contributed by atoms with van der Waals surface area (Å²) in [6.45, 7) is 6.60. The van der Waals surface area contributed by atoms with Crippen LogP contribution in [0, 0.1) is 12.8 Å². The van der Waals surface area contributed by atoms with E-state index < -0.39 is 0 Å². The fourth-order valence-electron chi connectivity index (χ4n) is 2.82. The normalized spacial score (nSPS) is 14.6. The molecular formula is C18H27NO. The Morgan fingerprint density at radius 2 is 2.00 bits per heavy atom. The van der Waals surface area contributed by atoms with Gasteiger partial charge in [-0.1, -0.05) is 51.2 Å². The van der Waals surface area contributed by atoms with Crippen molar-refractivity contribution in [1.82, 2.24) is 0 Å². The van der Waals surface area contributed by atoms with Crippen LogP contribution in [0.4, 0.5) is 0 Å². The van der Waals surface area contributed by atoms with Gasteiger partial charge in [-0.05, 0) is 37.5 Å². The van der Waals surface area contributed by atoms with Crippen molar-refractivity contribution in [2.75, 3.05) is 0 Å². The maximum absolute atomic E-state index is 6.35. The molecule has 0 saturated heterocycles. The molecule has 0 amide bonds. The highest BCUT2D eigenvalue weighted by molar-refractivity contribution is 5.78. The minimum atomic E-state index is 0.0181. The highest BCUT2D eigenvalue weighted by Crippen LogP contribution is 2.29. The lowest BCUT2D eigenvalue weighted by Crippen LogP contribution is -2.14. The van der Waals surface area contributed by atoms with Gasteiger partial charge in [0.2, 0.25) is 0 Å². The predicted molar refractivity (Wildman–Crippen MR) is 85.8 cm³/mol. The Morgan fingerprint density at radius 3 is 2.70 bits per heavy atom. The molecule has 0 radical (unpaired) electrons. The molecule has 0 aliphatic carbocycles. The molecule has 1 aromatic heterocycles. The minimum Gasteiger partial charge on any atom is -0.459 e. The summed E-state index contributed by atoms with van der Waals surface area (Å²) >= 11 is 0. The van der Waals surface area contributed by atoms with E-state index in [4.69, 9.17) is 10.2 Å². The molecule has 0 saturated carbocycles. The molecule has 2 rings (SSSR count). The lowest BCUT2D eigenvalue weighted by atomic mass is 9.91. The molecule has 0 fully saturated rings. The van der Waals surface area contributed by atoms with E-state index in [1.54, 1.807) is 0 Å². The quantitative estimate of drug-likeness (QED) is 0.738. The summed E-state index contributed by atoms with van der Waals surface area (Å²) in [7, 11) is 0. The first-order chi connectivity index (χ1) is 9.63. The summed E-state index contributed by atoms with van der Waals surface area (Å²) < 4.78 is 5.91. The van der Waals surface area contributed by atoms with Crippen LogP contribution >= 0.6 is 0 Å². The monoisotopic (exact) mass is 273 g/mol. The highest BCUT2D eigenvalue weighted by atomic mass is 16.3. The molecule has 0 spiro atoms. The number of nitrogens with two attached hydrogens (primary N) is 1. The molecular weight excluding hydrogens is 246 g/mol. The smallest absolute Gasteiger partial charge is 0.134 e. The third kappa shape index (κ3) is 3.63. The summed E-state index contributed by atoms with van der Waals surface area (Å²) in [5, 5.41) is 1.16. The number of hydrogen-bond acceptors (Lipinski definition) is 2. The van der Waals surface area contributed by atoms with Gasteiger partial charge in [0.1, 0.15) is 11.3 Å². The molecule has 2 N–H and O–H groups in total. The van der Waals surface area contributed by atoms with Gasteiger partial charge in [0.15, 0.2) is 0 Å². The third-order valence-corrected chi connectivity index (χ3v) is 4.19. The number of hydrogen-bond donors (Lipinski definition) is 1. The highest BCUT2D eigenvalue weighted by Gasteiger charge is 2.17. The maximum Gasteiger partial charge on any atom is 0.134 e. The van der Waals surface area contributed by atoms with Crippen LogP contribution in [0.5, 0.6) is 0 Å². The topological polar surface area (TPSA) is 39.2 Å². The predicted octanol–water partition coefficient (Wildman–Crippen LogP) is 5.35. The summed E-state index contributed by atoms with van der Waals surface area (Å²) in [6, 6.07) is 8.40. The molecule has 2 heteroatoms. The van der Waals surface area contributed by atoms with Gasteiger partial charge in [0.25, 0.3) is 0 Å². The second-order valence-corrected chi connectivity index (χ2v) is 5.95. The van der Waals surface area contributed by atoms with Crippen LogP contribution in [0.25, 0.3) is 11.0 Å². The lowest BCUT2D eigenvalue weighted by molar-refractivity contribution is 0.361. The molecule has 2 aromatic rings. The van der Waals surface area contributed by atoms with E-state index in [2.05, 4.69) is 39.0 Å². The summed E-state index contributed by atoms with van der Waals surface area (Å²) in [6.07, 6.45) is 6.06. The van der Waals surface area contributed by atoms with Crippen molar-refractivity contribution in [2.24, 2.45) is 11.7 Å². The molecule has 2 unspecified atom stereocenters. The van der Waals surface area contributed by atoms with Gasteiger partial charge in [-0.15, -0.1) is 0 Å². The van der Waals surface area contributed by atoms with Crippen LogP contribution in [0.3, 0.4) is 0 Å². The SMILES string of the molecule is CCCCC(CC)CC(N)c1cc2cc(C)ccc2o1. The van der Waals surface area contributed by atoms with Gasteiger partial charge in [-0.3, -0.25) is 0 Å². The number of unbranched alkanes of at least 4 members (excludes halogenated alkanes) is 1. The van der Waals surface area contributed by atoms with Gasteiger partial charge in [0, 0.05) is 5.39 Å². The Kier molecular flexibility index (Phi) is 5.24. The van der Waals surface area contributed by atoms with Crippen LogP contribution in [0.1, 0.15) is 63.3 Å². The van der Waals surface area contributed by atoms with E-state index >= 15 is 0 Å². The fraction of sp³-hybridized carbons (Fsp3) is 0.556. The zero-order chi connectivity index (χ0) is 14.5. The van der Waals surface area contributed by atoms with E-state index in [0.717, 1.165) is 23.2 Å². The van der Waals surface area contributed by atoms with Crippen molar-refractivity contribution in [3.05, 3.63) is 35.6 Å². The Morgan fingerprint density at radius 1 is 1.20 bits per heavy atom. The largest absolute Gasteiger partial charge is 0.459 e. The average Bonchev–Trinajstić information content (AvgIpc) is 2.86. The molecule has 2 nitrogen and oxygen atoms in total. The van der Waals surface area contributed by atoms with Crippen LogP contribution in [-0.2, 0) is 0 Å². The zero-order valence-corrected chi connectivity index (χ0v) is 13.0. The number of fused-ring (bicyclic) bond motifs is 1. The molecule has 1 aromatic carbocycles. The summed E-state index contributed by atoms with van der Waals surface area (Å²) in [4.78, 5) is 0. The van der Waals surface area contributed by atoms with Crippen LogP contribution in [-0.4, -0.2) is 0 Å². The van der Waals surface area contributed by atoms with Gasteiger partial charge in [-0.2, -0.15) is 0 Å². The second kappa shape index (κ2) is 6.94. The molecule has 20 heavy (non-hydrogen) atoms. The molecule has 2 atom stereocenters. The number of furan rings is 1. The molecule has 1 heterocycles. The fourth-order valence-corrected chi connectivity index (χ4v) is 2.82. The van der Waals surface area contributed by atoms with E-state index in [-0.39, 0.29) is 6.04 Å². The standard InChI is InChI=1S/C18H27NO/c1-4-6-7-14(5-2)11-16(19)18-12-15-10-13(3)8-9-17(15)20-18/h8-10,12,14,16H,4-7,11,19H2,1-3H3. The van der Waals surface area contributed by atoms with E-state index in [9.17, 15) is 0 Å². The first-order valence-electron chi connectivity index (χ1n) is 7.89. The van der Waals surface area contributed by atoms with E-state index in [1.165, 1.54) is 31.2 Å². The third-order valence-electron chi connectivity index (χ3n) is 4.19. The van der Waals surface area contributed by atoms with Crippen molar-refractivity contribution in [1.29, 1.82) is 0 Å². The van der Waals surface area contributed by atoms with Gasteiger partial charge in [-0.25, -0.2) is 0 Å². The minimum absolute atomic E-state index is 0.0181. The molecule has 0 bridgehead atoms. The van der Waals surface area contributed by atoms with Gasteiger partial charge >= 0.3 is 0 Å². The van der Waals surface area contributed by atoms with Crippen molar-refractivity contribution < 1.29 is 4.42 Å². The van der Waals surface area contributed by atoms with Crippen LogP contribution in [0.15, 0.2) is 28.7 Å². The molecule has 0 aliphatic heterocycles. The Bertz CT molecular complexity index is 543. The van der Waals surface area contributed by atoms with Crippen LogP contribution < -0.4 is 5.73 Å². The van der Waals surface area contributed by atoms with Crippen molar-refractivity contribution in [3.8, 4) is 0 Å². The summed E-state index contributed by atoms with van der Waals surface area (Å²) in [5.74, 6) is 1.64. The second-order valence-electron chi connectivity index (χ2n) is 5.95. The average molecular weight is 273 g/mol. The van der Waals surface area contributed by atoms with E-state index in [1.807, 2.05) is 6.07 Å². The Hall–Kier alpha value is -1.28. The number of aryl methyl sites for hydroxylation is 1. The van der Waals surface area contributed by atoms with Crippen LogP contribution in [0.2, 0.25) is 0 Å². The number of rotatable bonds is 7. The Labute approximate surface area is 122 Å². The van der Waals surface area contributed by atoms with Crippen molar-refractivity contribution >= 4 is 11.0 Å². The zero-order valence-electron chi connectivity index (χ0n) is 13.0. The first kappa shape index (κ1) is 15.1. The van der Waals surface area contributed by atoms with E-state index in [0.29, 0.717) is 5.92 Å². The molecule has 0 aliphatic rings. The Balaban J connectivity index is 2.08. The van der Waals surface area contributed by atoms with Gasteiger partial charge in [0.05, 0.1) is 6.04 Å². The summed E-state index contributed by atoms with van der Waals surface area (Å²) in [5.41, 5.74) is 8.56. The lowest BCUT2D eigenvalue weighted by Gasteiger charge is -2.18. The van der Waals surface area contributed by atoms with Crippen molar-refractivity contribution in [3.63, 3.8) is 0 Å². The maximum atomic E-state index is 6.35. The molecule has 110 valence electrons. The van der Waals surface area contributed by atoms with Crippen molar-refractivity contribution in [2.45, 2.75) is 58.9 Å². The van der Waals surface area contributed by atoms with Gasteiger partial charge < -0.3 is 10.2 Å². The number of benzene rings is 1. The first-order valence-corrected chi connectivity index (χ1v) is 7.89.